The molecular formula is C41H53F4N3O9S. The van der Waals surface area contributed by atoms with E-state index in [0.29, 0.717) is 63.5 Å². The number of halogens is 4. The number of carbonyl (C=O) groups excluding carboxylic acids is 5. The van der Waals surface area contributed by atoms with E-state index in [4.69, 9.17) is 9.47 Å². The molecule has 3 fully saturated rings. The molecule has 12 nitrogen and oxygen atoms in total. The van der Waals surface area contributed by atoms with Gasteiger partial charge >= 0.3 is 18.2 Å². The van der Waals surface area contributed by atoms with E-state index in [9.17, 15) is 50.0 Å². The molecule has 2 saturated carbocycles. The van der Waals surface area contributed by atoms with E-state index in [1.807, 2.05) is 19.1 Å². The highest BCUT2D eigenvalue weighted by atomic mass is 32.2. The number of Topliss-reactive ketones (excluding diaryl/α,β-unsaturated/α-hetero) is 1. The monoisotopic (exact) mass is 839 g/mol. The van der Waals surface area contributed by atoms with Crippen LogP contribution < -0.4 is 4.72 Å². The zero-order chi connectivity index (χ0) is 42.6. The van der Waals surface area contributed by atoms with Gasteiger partial charge in [-0.25, -0.2) is 17.6 Å². The van der Waals surface area contributed by atoms with Crippen molar-refractivity contribution < 1.29 is 59.4 Å². The molecule has 58 heavy (non-hydrogen) atoms. The molecule has 6 rings (SSSR count). The van der Waals surface area contributed by atoms with Crippen molar-refractivity contribution in [2.45, 2.75) is 141 Å². The summed E-state index contributed by atoms with van der Waals surface area (Å²) in [5.41, 5.74) is -3.36. The van der Waals surface area contributed by atoms with E-state index in [0.717, 1.165) is 0 Å². The minimum absolute atomic E-state index is 0.0199. The fraction of sp³-hybridized carbons (Fsp3) is 0.683. The molecule has 320 valence electrons. The maximum atomic E-state index is 14.8. The lowest BCUT2D eigenvalue weighted by Gasteiger charge is -2.34. The zero-order valence-corrected chi connectivity index (χ0v) is 34.3. The molecule has 0 aromatic heterocycles. The molecule has 3 aliphatic heterocycles. The summed E-state index contributed by atoms with van der Waals surface area (Å²) in [6.45, 7) is 6.41. The number of rotatable bonds is 8. The lowest BCUT2D eigenvalue weighted by molar-refractivity contribution is -0.257. The van der Waals surface area contributed by atoms with Crippen LogP contribution in [0.3, 0.4) is 0 Å². The fourth-order valence-corrected chi connectivity index (χ4v) is 9.97. The molecule has 3 heterocycles. The highest BCUT2D eigenvalue weighted by Crippen LogP contribution is 2.58. The van der Waals surface area contributed by atoms with Crippen molar-refractivity contribution in [1.82, 2.24) is 14.5 Å². The van der Waals surface area contributed by atoms with Crippen molar-refractivity contribution in [1.29, 1.82) is 0 Å². The van der Waals surface area contributed by atoms with Gasteiger partial charge in [-0.2, -0.15) is 13.2 Å². The molecule has 1 N–H and O–H groups in total. The minimum atomic E-state index is -4.90. The third-order valence-electron chi connectivity index (χ3n) is 13.0. The summed E-state index contributed by atoms with van der Waals surface area (Å²) in [5.74, 6) is -6.10. The zero-order valence-electron chi connectivity index (χ0n) is 33.5. The molecule has 0 bridgehead atoms. The summed E-state index contributed by atoms with van der Waals surface area (Å²) < 4.78 is 94.1. The number of sulfonamides is 1. The number of benzene rings is 1. The van der Waals surface area contributed by atoms with E-state index < -0.39 is 110 Å². The Morgan fingerprint density at radius 1 is 1.07 bits per heavy atom. The van der Waals surface area contributed by atoms with Gasteiger partial charge in [0.15, 0.2) is 5.78 Å². The second kappa shape index (κ2) is 15.9. The van der Waals surface area contributed by atoms with E-state index in [1.54, 1.807) is 13.0 Å². The summed E-state index contributed by atoms with van der Waals surface area (Å²) in [6.07, 6.45) is -1.54. The third-order valence-corrected chi connectivity index (χ3v) is 15.2. The van der Waals surface area contributed by atoms with Crippen LogP contribution in [0.4, 0.5) is 22.4 Å². The molecule has 0 spiro atoms. The van der Waals surface area contributed by atoms with Crippen LogP contribution in [0.1, 0.15) is 110 Å². The Balaban J connectivity index is 1.32. The first-order valence-electron chi connectivity index (χ1n) is 20.1. The molecule has 1 saturated heterocycles. The van der Waals surface area contributed by atoms with Crippen LogP contribution in [0.15, 0.2) is 30.4 Å². The van der Waals surface area contributed by atoms with Crippen LogP contribution in [0.25, 0.3) is 0 Å². The molecule has 3 amide bonds. The molecule has 1 unspecified atom stereocenters. The van der Waals surface area contributed by atoms with Crippen LogP contribution >= 0.6 is 0 Å². The second-order valence-electron chi connectivity index (χ2n) is 17.8. The standard InChI is InChI=1S/C41H53F4N3O9S/c1-6-25-16-24(2)10-7-8-12-27-19-40(27,36(52)46-58(54,55)39(5)14-15-39)20-33(49)32-17-28(56-37(53)47-21-26-11-9-13-31(42)30(26)23-47)22-48(32)35(51)29(25)18-34(50)57-38(3,4)41(43,44)45/h8-9,11-13,24-25,27-29,32H,6-7,10,14-23H2,1-5H3,(H,46,52)/b12-8-/t24?,25-,27-,28-,29+,32+,40-/m1/s1. The van der Waals surface area contributed by atoms with Crippen LogP contribution in [0, 0.1) is 34.9 Å². The number of ether oxygens (including phenoxy) is 2. The van der Waals surface area contributed by atoms with Crippen molar-refractivity contribution in [2.24, 2.45) is 29.1 Å². The first-order chi connectivity index (χ1) is 27.0. The largest absolute Gasteiger partial charge is 0.450 e. The summed E-state index contributed by atoms with van der Waals surface area (Å²) in [5, 5.41) is 0. The van der Waals surface area contributed by atoms with Gasteiger partial charge in [-0.15, -0.1) is 0 Å². The lowest BCUT2D eigenvalue weighted by Crippen LogP contribution is -2.49. The van der Waals surface area contributed by atoms with Gasteiger partial charge in [0.2, 0.25) is 27.4 Å². The maximum Gasteiger partial charge on any atom is 0.427 e. The number of carbonyl (C=O) groups is 5. The van der Waals surface area contributed by atoms with Gasteiger partial charge in [0.25, 0.3) is 0 Å². The molecule has 0 radical (unpaired) electrons. The molecular weight excluding hydrogens is 787 g/mol. The quantitative estimate of drug-likeness (QED) is 0.175. The van der Waals surface area contributed by atoms with Crippen molar-refractivity contribution in [3.8, 4) is 0 Å². The maximum absolute atomic E-state index is 14.8. The molecule has 17 heteroatoms. The van der Waals surface area contributed by atoms with Crippen molar-refractivity contribution in [3.05, 3.63) is 47.3 Å². The normalized spacial score (nSPS) is 30.6. The number of nitrogens with one attached hydrogen (secondary N) is 1. The molecule has 1 aromatic rings. The van der Waals surface area contributed by atoms with Gasteiger partial charge in [-0.3, -0.25) is 28.8 Å². The Hall–Kier alpha value is -4.02. The number of ketones is 1. The average Bonchev–Trinajstić information content (AvgIpc) is 3.92. The molecule has 2 aliphatic carbocycles. The molecule has 1 aromatic carbocycles. The minimum Gasteiger partial charge on any atom is -0.450 e. The highest BCUT2D eigenvalue weighted by Gasteiger charge is 2.63. The Kier molecular flexibility index (Phi) is 11.9. The van der Waals surface area contributed by atoms with Gasteiger partial charge in [0.1, 0.15) is 11.9 Å². The first kappa shape index (κ1) is 43.6. The predicted molar refractivity (Wildman–Crippen MR) is 201 cm³/mol. The van der Waals surface area contributed by atoms with Gasteiger partial charge in [0, 0.05) is 24.9 Å². The van der Waals surface area contributed by atoms with Crippen LogP contribution in [-0.2, 0) is 51.8 Å². The summed E-state index contributed by atoms with van der Waals surface area (Å²) in [4.78, 5) is 72.6. The number of hydrogen-bond donors (Lipinski definition) is 1. The second-order valence-corrected chi connectivity index (χ2v) is 20.0. The smallest absolute Gasteiger partial charge is 0.427 e. The van der Waals surface area contributed by atoms with Crippen molar-refractivity contribution in [3.63, 3.8) is 0 Å². The van der Waals surface area contributed by atoms with Gasteiger partial charge in [0.05, 0.1) is 41.6 Å². The number of amides is 3. The number of nitrogens with zero attached hydrogens (tertiary/aromatic N) is 2. The number of fused-ring (bicyclic) bond motifs is 3. The Morgan fingerprint density at radius 3 is 2.41 bits per heavy atom. The average molecular weight is 840 g/mol. The SMILES string of the molecule is CC[C@@H]1CC(C)CC/C=C\[C@@H]2C[C@@]2(C(=O)NS(=O)(=O)C2(C)CC2)CC(=O)[C@@H]2C[C@@H](OC(=O)N3Cc4cccc(F)c4C3)CN2C(=O)[C@H]1CC(=O)OC(C)(C)C(F)(F)F. The summed E-state index contributed by atoms with van der Waals surface area (Å²) in [7, 11) is -4.07. The Labute approximate surface area is 336 Å². The summed E-state index contributed by atoms with van der Waals surface area (Å²) >= 11 is 0. The third kappa shape index (κ3) is 8.79. The van der Waals surface area contributed by atoms with E-state index in [-0.39, 0.29) is 38.4 Å². The van der Waals surface area contributed by atoms with Crippen molar-refractivity contribution in [2.75, 3.05) is 6.54 Å². The van der Waals surface area contributed by atoms with Crippen LogP contribution in [0.2, 0.25) is 0 Å². The van der Waals surface area contributed by atoms with Crippen LogP contribution in [0.5, 0.6) is 0 Å². The molecule has 5 aliphatic rings. The van der Waals surface area contributed by atoms with E-state index in [2.05, 4.69) is 4.72 Å². The lowest BCUT2D eigenvalue weighted by atomic mass is 9.79. The van der Waals surface area contributed by atoms with Gasteiger partial charge < -0.3 is 14.4 Å². The van der Waals surface area contributed by atoms with E-state index >= 15 is 0 Å². The Bertz CT molecular complexity index is 1970. The highest BCUT2D eigenvalue weighted by molar-refractivity contribution is 7.91. The van der Waals surface area contributed by atoms with Crippen molar-refractivity contribution >= 4 is 39.7 Å². The summed E-state index contributed by atoms with van der Waals surface area (Å²) in [6, 6.07) is 3.20. The number of allylic oxidation sites excluding steroid dienone is 2. The van der Waals surface area contributed by atoms with Gasteiger partial charge in [-0.1, -0.05) is 44.6 Å². The number of hydrogen-bond acceptors (Lipinski definition) is 9. The molecule has 7 atom stereocenters. The number of alkyl halides is 3. The predicted octanol–water partition coefficient (Wildman–Crippen LogP) is 6.50. The fourth-order valence-electron chi connectivity index (χ4n) is 8.63. The first-order valence-corrected chi connectivity index (χ1v) is 21.6. The van der Waals surface area contributed by atoms with Crippen LogP contribution in [-0.4, -0.2) is 83.1 Å². The number of esters is 1. The van der Waals surface area contributed by atoms with Gasteiger partial charge in [-0.05, 0) is 88.7 Å². The topological polar surface area (TPSA) is 156 Å². The van der Waals surface area contributed by atoms with E-state index in [1.165, 1.54) is 28.9 Å². The Morgan fingerprint density at radius 2 is 1.78 bits per heavy atom.